The molecule has 7 nitrogen and oxygen atoms in total. The van der Waals surface area contributed by atoms with Crippen LogP contribution in [0, 0.1) is 5.92 Å². The number of amides is 4. The second kappa shape index (κ2) is 8.40. The molecular formula is C18H23ClN4O3. The summed E-state index contributed by atoms with van der Waals surface area (Å²) in [6.07, 6.45) is 3.31. The van der Waals surface area contributed by atoms with Crippen LogP contribution in [-0.4, -0.2) is 53.8 Å². The van der Waals surface area contributed by atoms with E-state index in [1.807, 2.05) is 9.80 Å². The van der Waals surface area contributed by atoms with Crippen LogP contribution in [0.3, 0.4) is 0 Å². The van der Waals surface area contributed by atoms with E-state index in [2.05, 4.69) is 10.9 Å². The summed E-state index contributed by atoms with van der Waals surface area (Å²) >= 11 is 5.97. The van der Waals surface area contributed by atoms with Gasteiger partial charge in [0, 0.05) is 32.1 Å². The molecule has 3 rings (SSSR count). The molecule has 0 saturated carbocycles. The molecule has 26 heavy (non-hydrogen) atoms. The van der Waals surface area contributed by atoms with Crippen molar-refractivity contribution in [3.8, 4) is 0 Å². The minimum Gasteiger partial charge on any atom is -0.325 e. The van der Waals surface area contributed by atoms with Gasteiger partial charge in [-0.05, 0) is 37.8 Å². The van der Waals surface area contributed by atoms with E-state index in [1.54, 1.807) is 24.3 Å². The normalized spacial score (nSPS) is 17.9. The Morgan fingerprint density at radius 3 is 2.19 bits per heavy atom. The molecule has 4 amide bonds. The number of carbonyl (C=O) groups is 3. The zero-order valence-corrected chi connectivity index (χ0v) is 15.3. The number of rotatable bonds is 2. The zero-order chi connectivity index (χ0) is 18.5. The van der Waals surface area contributed by atoms with Crippen molar-refractivity contribution in [2.75, 3.05) is 26.2 Å². The quantitative estimate of drug-likeness (QED) is 0.772. The Morgan fingerprint density at radius 2 is 1.54 bits per heavy atom. The summed E-state index contributed by atoms with van der Waals surface area (Å²) < 4.78 is 0. The molecule has 0 radical (unpaired) electrons. The van der Waals surface area contributed by atoms with Gasteiger partial charge in [0.25, 0.3) is 5.91 Å². The Kier molecular flexibility index (Phi) is 5.98. The summed E-state index contributed by atoms with van der Waals surface area (Å²) in [6, 6.07) is 6.72. The lowest BCUT2D eigenvalue weighted by atomic mass is 9.96. The summed E-state index contributed by atoms with van der Waals surface area (Å²) in [7, 11) is 0. The number of hydrogen-bond donors (Lipinski definition) is 2. The Hall–Kier alpha value is -2.28. The third kappa shape index (κ3) is 4.27. The highest BCUT2D eigenvalue weighted by molar-refractivity contribution is 6.33. The number of likely N-dealkylation sites (tertiary alicyclic amines) is 2. The molecule has 2 N–H and O–H groups in total. The molecule has 1 aromatic rings. The number of urea groups is 1. The molecule has 0 atom stereocenters. The number of hydrazine groups is 1. The van der Waals surface area contributed by atoms with Crippen LogP contribution in [0.2, 0.25) is 5.02 Å². The molecule has 2 heterocycles. The molecule has 8 heteroatoms. The number of benzene rings is 1. The molecule has 2 aliphatic rings. The summed E-state index contributed by atoms with van der Waals surface area (Å²) in [5.41, 5.74) is 5.18. The van der Waals surface area contributed by atoms with Gasteiger partial charge < -0.3 is 9.80 Å². The highest BCUT2D eigenvalue weighted by Crippen LogP contribution is 2.20. The highest BCUT2D eigenvalue weighted by atomic mass is 35.5. The first-order valence-electron chi connectivity index (χ1n) is 8.95. The molecular weight excluding hydrogens is 356 g/mol. The van der Waals surface area contributed by atoms with Crippen LogP contribution in [0.5, 0.6) is 0 Å². The van der Waals surface area contributed by atoms with Crippen LogP contribution >= 0.6 is 11.6 Å². The lowest BCUT2D eigenvalue weighted by Crippen LogP contribution is -2.50. The predicted molar refractivity (Wildman–Crippen MR) is 97.6 cm³/mol. The van der Waals surface area contributed by atoms with Crippen LogP contribution in [0.1, 0.15) is 36.0 Å². The molecule has 2 aliphatic heterocycles. The van der Waals surface area contributed by atoms with Crippen LogP contribution in [0.15, 0.2) is 24.3 Å². The molecule has 0 unspecified atom stereocenters. The van der Waals surface area contributed by atoms with Crippen molar-refractivity contribution >= 4 is 29.4 Å². The lowest BCUT2D eigenvalue weighted by Gasteiger charge is -2.34. The molecule has 0 aromatic heterocycles. The van der Waals surface area contributed by atoms with Crippen LogP contribution in [-0.2, 0) is 4.79 Å². The topological polar surface area (TPSA) is 81.8 Å². The number of piperidine rings is 1. The van der Waals surface area contributed by atoms with Crippen molar-refractivity contribution in [2.45, 2.75) is 25.7 Å². The van der Waals surface area contributed by atoms with E-state index in [9.17, 15) is 14.4 Å². The van der Waals surface area contributed by atoms with Gasteiger partial charge in [-0.25, -0.2) is 4.79 Å². The number of nitrogens with zero attached hydrogens (tertiary/aromatic N) is 2. The second-order valence-electron chi connectivity index (χ2n) is 6.66. The van der Waals surface area contributed by atoms with Gasteiger partial charge in [0.15, 0.2) is 0 Å². The first kappa shape index (κ1) is 18.5. The maximum Gasteiger partial charge on any atom is 0.319 e. The second-order valence-corrected chi connectivity index (χ2v) is 7.07. The highest BCUT2D eigenvalue weighted by Gasteiger charge is 2.30. The summed E-state index contributed by atoms with van der Waals surface area (Å²) in [6.45, 7) is 2.78. The van der Waals surface area contributed by atoms with E-state index in [4.69, 9.17) is 11.6 Å². The third-order valence-electron chi connectivity index (χ3n) is 4.93. The van der Waals surface area contributed by atoms with Crippen LogP contribution in [0.25, 0.3) is 0 Å². The van der Waals surface area contributed by atoms with E-state index < -0.39 is 5.91 Å². The largest absolute Gasteiger partial charge is 0.325 e. The number of halogens is 1. The summed E-state index contributed by atoms with van der Waals surface area (Å²) in [5, 5.41) is 0.327. The van der Waals surface area contributed by atoms with Gasteiger partial charge in [0.1, 0.15) is 0 Å². The standard InChI is InChI=1S/C18H23ClN4O3/c19-15-6-2-1-5-14(15)17(25)21-20-16(24)13-7-11-23(12-8-13)18(26)22-9-3-4-10-22/h1-2,5-6,13H,3-4,7-12H2,(H,20,24)(H,21,25). The maximum absolute atomic E-state index is 12.4. The fourth-order valence-electron chi connectivity index (χ4n) is 3.37. The Bertz CT molecular complexity index is 683. The summed E-state index contributed by atoms with van der Waals surface area (Å²) in [4.78, 5) is 40.4. The molecule has 140 valence electrons. The molecule has 1 aromatic carbocycles. The van der Waals surface area contributed by atoms with E-state index in [1.165, 1.54) is 0 Å². The van der Waals surface area contributed by atoms with E-state index in [0.29, 0.717) is 36.5 Å². The van der Waals surface area contributed by atoms with E-state index >= 15 is 0 Å². The van der Waals surface area contributed by atoms with Gasteiger partial charge in [-0.1, -0.05) is 23.7 Å². The Labute approximate surface area is 157 Å². The number of hydrogen-bond acceptors (Lipinski definition) is 3. The van der Waals surface area contributed by atoms with Crippen LogP contribution < -0.4 is 10.9 Å². The fourth-order valence-corrected chi connectivity index (χ4v) is 3.60. The minimum absolute atomic E-state index is 0.0772. The average molecular weight is 379 g/mol. The van der Waals surface area contributed by atoms with Crippen molar-refractivity contribution in [1.29, 1.82) is 0 Å². The maximum atomic E-state index is 12.4. The van der Waals surface area contributed by atoms with E-state index in [-0.39, 0.29) is 17.9 Å². The van der Waals surface area contributed by atoms with Gasteiger partial charge in [0.05, 0.1) is 10.6 Å². The van der Waals surface area contributed by atoms with Crippen molar-refractivity contribution in [3.63, 3.8) is 0 Å². The fraction of sp³-hybridized carbons (Fsp3) is 0.500. The van der Waals surface area contributed by atoms with Gasteiger partial charge in [-0.2, -0.15) is 0 Å². The predicted octanol–water partition coefficient (Wildman–Crippen LogP) is 2.03. The number of nitrogens with one attached hydrogen (secondary N) is 2. The Balaban J connectivity index is 1.44. The molecule has 2 fully saturated rings. The minimum atomic E-state index is -0.453. The molecule has 0 spiro atoms. The van der Waals surface area contributed by atoms with Gasteiger partial charge in [-0.3, -0.25) is 20.4 Å². The number of carbonyl (C=O) groups excluding carboxylic acids is 3. The van der Waals surface area contributed by atoms with Crippen LogP contribution in [0.4, 0.5) is 4.79 Å². The molecule has 2 saturated heterocycles. The van der Waals surface area contributed by atoms with Gasteiger partial charge >= 0.3 is 6.03 Å². The van der Waals surface area contributed by atoms with Crippen molar-refractivity contribution in [3.05, 3.63) is 34.9 Å². The summed E-state index contributed by atoms with van der Waals surface area (Å²) in [5.74, 6) is -0.909. The smallest absolute Gasteiger partial charge is 0.319 e. The third-order valence-corrected chi connectivity index (χ3v) is 5.26. The van der Waals surface area contributed by atoms with Gasteiger partial charge in [-0.15, -0.1) is 0 Å². The average Bonchev–Trinajstić information content (AvgIpc) is 3.20. The van der Waals surface area contributed by atoms with Crippen molar-refractivity contribution in [2.24, 2.45) is 5.92 Å². The first-order chi connectivity index (χ1) is 12.6. The molecule has 0 bridgehead atoms. The zero-order valence-electron chi connectivity index (χ0n) is 14.5. The van der Waals surface area contributed by atoms with Gasteiger partial charge in [0.2, 0.25) is 5.91 Å². The first-order valence-corrected chi connectivity index (χ1v) is 9.32. The SMILES string of the molecule is O=C(NNC(=O)C1CCN(C(=O)N2CCCC2)CC1)c1ccccc1Cl. The van der Waals surface area contributed by atoms with E-state index in [0.717, 1.165) is 25.9 Å². The Morgan fingerprint density at radius 1 is 0.923 bits per heavy atom. The molecule has 0 aliphatic carbocycles. The lowest BCUT2D eigenvalue weighted by molar-refractivity contribution is -0.127. The monoisotopic (exact) mass is 378 g/mol. The van der Waals surface area contributed by atoms with Crippen molar-refractivity contribution < 1.29 is 14.4 Å². The van der Waals surface area contributed by atoms with Crippen molar-refractivity contribution in [1.82, 2.24) is 20.7 Å².